The topological polar surface area (TPSA) is 64.4 Å². The first-order chi connectivity index (χ1) is 13.7. The van der Waals surface area contributed by atoms with Gasteiger partial charge in [-0.25, -0.2) is 9.37 Å². The Morgan fingerprint density at radius 1 is 1.14 bits per heavy atom. The van der Waals surface area contributed by atoms with E-state index >= 15 is 0 Å². The van der Waals surface area contributed by atoms with Crippen molar-refractivity contribution in [3.05, 3.63) is 90.1 Å². The molecule has 144 valence electrons. The third kappa shape index (κ3) is 3.98. The highest BCUT2D eigenvalue weighted by molar-refractivity contribution is 5.91. The van der Waals surface area contributed by atoms with Gasteiger partial charge >= 0.3 is 0 Å². The molecule has 0 radical (unpaired) electrons. The summed E-state index contributed by atoms with van der Waals surface area (Å²) in [6, 6.07) is 6.87. The van der Waals surface area contributed by atoms with Crippen LogP contribution in [0.4, 0.5) is 4.39 Å². The van der Waals surface area contributed by atoms with Gasteiger partial charge in [-0.15, -0.1) is 0 Å². The number of hydrogen-bond acceptors (Lipinski definition) is 4. The Kier molecular flexibility index (Phi) is 5.23. The Hall–Kier alpha value is -3.35. The molecule has 1 aliphatic rings. The zero-order chi connectivity index (χ0) is 19.3. The summed E-state index contributed by atoms with van der Waals surface area (Å²) in [7, 11) is 0. The van der Waals surface area contributed by atoms with Crippen molar-refractivity contribution in [2.24, 2.45) is 0 Å². The van der Waals surface area contributed by atoms with Gasteiger partial charge in [0.25, 0.3) is 5.91 Å². The molecule has 0 aromatic carbocycles. The monoisotopic (exact) mass is 381 g/mol. The Morgan fingerprint density at radius 3 is 2.71 bits per heavy atom. The largest absolute Gasteiger partial charge is 0.467 e. The molecule has 3 aromatic rings. The van der Waals surface area contributed by atoms with Gasteiger partial charge in [0, 0.05) is 18.0 Å². The molecule has 4 rings (SSSR count). The van der Waals surface area contributed by atoms with Gasteiger partial charge in [-0.2, -0.15) is 0 Å². The molecular formula is C21H20FN3O3. The second-order valence-corrected chi connectivity index (χ2v) is 6.55. The normalized spacial score (nSPS) is 13.9. The van der Waals surface area contributed by atoms with Crippen molar-refractivity contribution in [3.8, 4) is 0 Å². The molecule has 0 N–H and O–H groups in total. The van der Waals surface area contributed by atoms with Crippen molar-refractivity contribution in [2.75, 3.05) is 0 Å². The van der Waals surface area contributed by atoms with Crippen molar-refractivity contribution in [2.45, 2.75) is 32.5 Å². The van der Waals surface area contributed by atoms with Crippen LogP contribution in [0.5, 0.6) is 0 Å². The molecule has 3 heterocycles. The molecule has 7 heteroatoms. The highest BCUT2D eigenvalue weighted by atomic mass is 19.1. The maximum Gasteiger partial charge on any atom is 0.290 e. The zero-order valence-electron chi connectivity index (χ0n) is 15.3. The molecule has 0 bridgehead atoms. The Bertz CT molecular complexity index is 984. The number of imidazole rings is 1. The van der Waals surface area contributed by atoms with E-state index in [2.05, 4.69) is 4.98 Å². The van der Waals surface area contributed by atoms with Gasteiger partial charge in [0.1, 0.15) is 17.4 Å². The Balaban J connectivity index is 1.55. The first-order valence-electron chi connectivity index (χ1n) is 9.11. The second kappa shape index (κ2) is 8.12. The van der Waals surface area contributed by atoms with E-state index in [1.807, 2.05) is 16.7 Å². The first-order valence-corrected chi connectivity index (χ1v) is 9.11. The van der Waals surface area contributed by atoms with Crippen LogP contribution in [0.2, 0.25) is 0 Å². The smallest absolute Gasteiger partial charge is 0.290 e. The summed E-state index contributed by atoms with van der Waals surface area (Å²) in [5.74, 6) is 1.10. The number of amides is 1. The quantitative estimate of drug-likeness (QED) is 0.605. The minimum absolute atomic E-state index is 0.190. The highest BCUT2D eigenvalue weighted by Gasteiger charge is 2.22. The zero-order valence-corrected chi connectivity index (χ0v) is 15.3. The van der Waals surface area contributed by atoms with Gasteiger partial charge in [-0.1, -0.05) is 6.08 Å². The molecule has 0 atom stereocenters. The first kappa shape index (κ1) is 18.0. The summed E-state index contributed by atoms with van der Waals surface area (Å²) < 4.78 is 26.6. The number of allylic oxidation sites excluding steroid dienone is 4. The number of nitrogens with zero attached hydrogens (tertiary/aromatic N) is 3. The summed E-state index contributed by atoms with van der Waals surface area (Å²) in [5, 5.41) is 0. The highest BCUT2D eigenvalue weighted by Crippen LogP contribution is 2.22. The fourth-order valence-corrected chi connectivity index (χ4v) is 3.17. The van der Waals surface area contributed by atoms with E-state index in [1.54, 1.807) is 47.8 Å². The molecule has 0 fully saturated rings. The van der Waals surface area contributed by atoms with E-state index in [0.29, 0.717) is 23.7 Å². The number of carbonyl (C=O) groups is 1. The lowest BCUT2D eigenvalue weighted by molar-refractivity contribution is 0.0678. The van der Waals surface area contributed by atoms with Crippen LogP contribution < -0.4 is 0 Å². The van der Waals surface area contributed by atoms with Crippen LogP contribution >= 0.6 is 0 Å². The summed E-state index contributed by atoms with van der Waals surface area (Å²) in [6.45, 7) is 0.892. The second-order valence-electron chi connectivity index (χ2n) is 6.55. The van der Waals surface area contributed by atoms with E-state index in [1.165, 1.54) is 6.26 Å². The van der Waals surface area contributed by atoms with Crippen LogP contribution in [-0.2, 0) is 19.6 Å². The fraction of sp³-hybridized carbons (Fsp3) is 0.238. The van der Waals surface area contributed by atoms with Gasteiger partial charge in [0.15, 0.2) is 5.76 Å². The van der Waals surface area contributed by atoms with Crippen molar-refractivity contribution in [1.29, 1.82) is 0 Å². The maximum absolute atomic E-state index is 14.1. The lowest BCUT2D eigenvalue weighted by atomic mass is 10.1. The van der Waals surface area contributed by atoms with E-state index in [9.17, 15) is 9.18 Å². The third-order valence-corrected chi connectivity index (χ3v) is 4.61. The number of halogens is 1. The minimum atomic E-state index is -0.265. The van der Waals surface area contributed by atoms with Crippen LogP contribution in [0, 0.1) is 0 Å². The van der Waals surface area contributed by atoms with Gasteiger partial charge in [-0.3, -0.25) is 4.79 Å². The van der Waals surface area contributed by atoms with Gasteiger partial charge in [0.05, 0.1) is 32.2 Å². The number of rotatable bonds is 7. The van der Waals surface area contributed by atoms with Gasteiger partial charge < -0.3 is 18.3 Å². The van der Waals surface area contributed by atoms with Crippen molar-refractivity contribution < 1.29 is 18.0 Å². The van der Waals surface area contributed by atoms with Gasteiger partial charge in [0.2, 0.25) is 0 Å². The van der Waals surface area contributed by atoms with E-state index < -0.39 is 0 Å². The van der Waals surface area contributed by atoms with E-state index in [4.69, 9.17) is 8.83 Å². The van der Waals surface area contributed by atoms with Crippen LogP contribution in [0.3, 0.4) is 0 Å². The molecule has 0 unspecified atom stereocenters. The summed E-state index contributed by atoms with van der Waals surface area (Å²) in [4.78, 5) is 18.9. The standard InChI is InChI=1S/C21H20FN3O3/c22-18-7-2-1-5-16(18)13-24-10-9-23-20(24)15-25(14-17-6-3-11-27-17)21(26)19-8-4-12-28-19/h3-12H,1-2,13-15H2. The molecule has 0 saturated heterocycles. The van der Waals surface area contributed by atoms with Crippen LogP contribution in [0.1, 0.15) is 35.0 Å². The molecule has 3 aromatic heterocycles. The third-order valence-electron chi connectivity index (χ3n) is 4.61. The number of furan rings is 2. The average Bonchev–Trinajstić information content (AvgIpc) is 3.46. The van der Waals surface area contributed by atoms with E-state index in [0.717, 1.165) is 12.8 Å². The number of aromatic nitrogens is 2. The van der Waals surface area contributed by atoms with Gasteiger partial charge in [-0.05, 0) is 43.2 Å². The van der Waals surface area contributed by atoms with Crippen LogP contribution in [0.15, 0.2) is 81.6 Å². The Labute approximate surface area is 161 Å². The maximum atomic E-state index is 14.1. The van der Waals surface area contributed by atoms with E-state index in [-0.39, 0.29) is 30.6 Å². The molecular weight excluding hydrogens is 361 g/mol. The lowest BCUT2D eigenvalue weighted by Gasteiger charge is -2.21. The predicted molar refractivity (Wildman–Crippen MR) is 99.7 cm³/mol. The minimum Gasteiger partial charge on any atom is -0.467 e. The van der Waals surface area contributed by atoms with Crippen LogP contribution in [-0.4, -0.2) is 20.4 Å². The summed E-state index contributed by atoms with van der Waals surface area (Å²) >= 11 is 0. The fourth-order valence-electron chi connectivity index (χ4n) is 3.17. The summed E-state index contributed by atoms with van der Waals surface area (Å²) in [6.07, 6.45) is 11.5. The van der Waals surface area contributed by atoms with Crippen LogP contribution in [0.25, 0.3) is 0 Å². The molecule has 6 nitrogen and oxygen atoms in total. The number of carbonyl (C=O) groups excluding carboxylic acids is 1. The molecule has 0 saturated carbocycles. The average molecular weight is 381 g/mol. The Morgan fingerprint density at radius 2 is 1.96 bits per heavy atom. The molecule has 1 amide bonds. The molecule has 1 aliphatic carbocycles. The SMILES string of the molecule is O=C(c1ccco1)N(Cc1ccco1)Cc1nccn1CC1=CCCC=C1F. The van der Waals surface area contributed by atoms with Crippen molar-refractivity contribution in [3.63, 3.8) is 0 Å². The lowest BCUT2D eigenvalue weighted by Crippen LogP contribution is -2.31. The number of hydrogen-bond donors (Lipinski definition) is 0. The van der Waals surface area contributed by atoms with Crippen molar-refractivity contribution >= 4 is 5.91 Å². The summed E-state index contributed by atoms with van der Waals surface area (Å²) in [5.41, 5.74) is 0.639. The van der Waals surface area contributed by atoms with Crippen molar-refractivity contribution in [1.82, 2.24) is 14.5 Å². The molecule has 28 heavy (non-hydrogen) atoms. The molecule has 0 spiro atoms. The molecule has 0 aliphatic heterocycles. The predicted octanol–water partition coefficient (Wildman–Crippen LogP) is 4.49.